The van der Waals surface area contributed by atoms with E-state index in [9.17, 15) is 8.42 Å². The predicted octanol–water partition coefficient (Wildman–Crippen LogP) is 2.44. The van der Waals surface area contributed by atoms with Crippen LogP contribution in [-0.4, -0.2) is 33.0 Å². The van der Waals surface area contributed by atoms with Crippen molar-refractivity contribution in [3.8, 4) is 0 Å². The van der Waals surface area contributed by atoms with Crippen molar-refractivity contribution < 1.29 is 8.42 Å². The van der Waals surface area contributed by atoms with E-state index in [1.54, 1.807) is 17.8 Å². The van der Waals surface area contributed by atoms with Gasteiger partial charge in [0.1, 0.15) is 0 Å². The van der Waals surface area contributed by atoms with Crippen molar-refractivity contribution in [1.29, 1.82) is 0 Å². The molecule has 0 spiro atoms. The Morgan fingerprint density at radius 3 is 2.48 bits per heavy atom. The number of nitrogens with one attached hydrogen (secondary N) is 2. The third-order valence-corrected chi connectivity index (χ3v) is 5.83. The second-order valence-corrected chi connectivity index (χ2v) is 7.90. The van der Waals surface area contributed by atoms with Crippen LogP contribution < -0.4 is 10.0 Å². The van der Waals surface area contributed by atoms with E-state index in [0.29, 0.717) is 11.4 Å². The van der Waals surface area contributed by atoms with Gasteiger partial charge >= 0.3 is 0 Å². The summed E-state index contributed by atoms with van der Waals surface area (Å²) in [5.41, 5.74) is 2.93. The summed E-state index contributed by atoms with van der Waals surface area (Å²) in [6.07, 6.45) is 1.97. The first-order valence-corrected chi connectivity index (χ1v) is 10.0. The number of hydrogen-bond acceptors (Lipinski definition) is 4. The van der Waals surface area contributed by atoms with Crippen LogP contribution in [0, 0.1) is 13.8 Å². The van der Waals surface area contributed by atoms with Gasteiger partial charge < -0.3 is 5.32 Å². The van der Waals surface area contributed by atoms with Crippen LogP contribution in [0.3, 0.4) is 0 Å². The molecule has 2 N–H and O–H groups in total. The lowest BCUT2D eigenvalue weighted by atomic mass is 10.1. The number of aryl methyl sites for hydroxylation is 2. The lowest BCUT2D eigenvalue weighted by molar-refractivity contribution is 0.570. The molecule has 6 heteroatoms. The van der Waals surface area contributed by atoms with Gasteiger partial charge in [0.05, 0.1) is 4.90 Å². The van der Waals surface area contributed by atoms with E-state index in [4.69, 9.17) is 0 Å². The molecule has 1 aromatic carbocycles. The third kappa shape index (κ3) is 5.29. The molecule has 0 saturated heterocycles. The Morgan fingerprint density at radius 1 is 1.24 bits per heavy atom. The third-order valence-electron chi connectivity index (χ3n) is 3.26. The summed E-state index contributed by atoms with van der Waals surface area (Å²) in [5, 5.41) is 3.25. The summed E-state index contributed by atoms with van der Waals surface area (Å²) in [7, 11) is -3.47. The van der Waals surface area contributed by atoms with Crippen LogP contribution in [-0.2, 0) is 16.6 Å². The summed E-state index contributed by atoms with van der Waals surface area (Å²) < 4.78 is 27.8. The van der Waals surface area contributed by atoms with Gasteiger partial charge in [-0.05, 0) is 56.3 Å². The van der Waals surface area contributed by atoms with Crippen molar-refractivity contribution in [1.82, 2.24) is 10.0 Å². The summed E-state index contributed by atoms with van der Waals surface area (Å²) in [4.78, 5) is 0.383. The SMILES string of the molecule is CCNCc1cc(S(=O)(=O)NC(C)CSC)c(C)cc1C. The molecule has 0 heterocycles. The minimum atomic E-state index is -3.47. The van der Waals surface area contributed by atoms with Crippen LogP contribution >= 0.6 is 11.8 Å². The molecule has 4 nitrogen and oxygen atoms in total. The minimum Gasteiger partial charge on any atom is -0.313 e. The number of hydrogen-bond donors (Lipinski definition) is 2. The first-order valence-electron chi connectivity index (χ1n) is 7.14. The average Bonchev–Trinajstić information content (AvgIpc) is 2.37. The van der Waals surface area contributed by atoms with Gasteiger partial charge in [0, 0.05) is 18.3 Å². The number of sulfonamides is 1. The van der Waals surface area contributed by atoms with Crippen molar-refractivity contribution in [3.63, 3.8) is 0 Å². The molecular weight excluding hydrogens is 304 g/mol. The fraction of sp³-hybridized carbons (Fsp3) is 0.600. The van der Waals surface area contributed by atoms with E-state index in [1.165, 1.54) is 0 Å². The summed E-state index contributed by atoms with van der Waals surface area (Å²) >= 11 is 1.63. The Hall–Kier alpha value is -0.560. The molecule has 1 rings (SSSR count). The van der Waals surface area contributed by atoms with Gasteiger partial charge in [0.25, 0.3) is 0 Å². The molecule has 120 valence electrons. The lowest BCUT2D eigenvalue weighted by Crippen LogP contribution is -2.34. The largest absolute Gasteiger partial charge is 0.313 e. The lowest BCUT2D eigenvalue weighted by Gasteiger charge is -2.17. The molecule has 0 aliphatic heterocycles. The van der Waals surface area contributed by atoms with Crippen LogP contribution in [0.25, 0.3) is 0 Å². The summed E-state index contributed by atoms with van der Waals surface area (Å²) in [6.45, 7) is 9.32. The van der Waals surface area contributed by atoms with Gasteiger partial charge in [-0.3, -0.25) is 0 Å². The van der Waals surface area contributed by atoms with Crippen molar-refractivity contribution in [2.45, 2.75) is 45.2 Å². The van der Waals surface area contributed by atoms with E-state index in [0.717, 1.165) is 29.0 Å². The van der Waals surface area contributed by atoms with Gasteiger partial charge in [0.2, 0.25) is 10.0 Å². The first kappa shape index (κ1) is 18.5. The van der Waals surface area contributed by atoms with Gasteiger partial charge in [-0.2, -0.15) is 11.8 Å². The molecular formula is C15H26N2O2S2. The molecule has 0 saturated carbocycles. The topological polar surface area (TPSA) is 58.2 Å². The maximum absolute atomic E-state index is 12.5. The molecule has 21 heavy (non-hydrogen) atoms. The normalized spacial score (nSPS) is 13.4. The molecule has 0 radical (unpaired) electrons. The second-order valence-electron chi connectivity index (χ2n) is 5.30. The van der Waals surface area contributed by atoms with Crippen LogP contribution in [0.1, 0.15) is 30.5 Å². The summed E-state index contributed by atoms with van der Waals surface area (Å²) in [5.74, 6) is 0.758. The Balaban J connectivity index is 3.10. The molecule has 0 aliphatic carbocycles. The maximum atomic E-state index is 12.5. The zero-order valence-corrected chi connectivity index (χ0v) is 15.1. The van der Waals surface area contributed by atoms with Crippen molar-refractivity contribution >= 4 is 21.8 Å². The van der Waals surface area contributed by atoms with Crippen LogP contribution in [0.4, 0.5) is 0 Å². The van der Waals surface area contributed by atoms with Crippen LogP contribution in [0.15, 0.2) is 17.0 Å². The fourth-order valence-electron chi connectivity index (χ4n) is 2.23. The number of rotatable bonds is 8. The Labute approximate surface area is 133 Å². The Kier molecular flexibility index (Phi) is 7.20. The van der Waals surface area contributed by atoms with Gasteiger partial charge in [-0.15, -0.1) is 0 Å². The highest BCUT2D eigenvalue weighted by Gasteiger charge is 2.20. The molecule has 0 amide bonds. The predicted molar refractivity (Wildman–Crippen MR) is 91.5 cm³/mol. The van der Waals surface area contributed by atoms with Gasteiger partial charge in [-0.25, -0.2) is 13.1 Å². The molecule has 1 atom stereocenters. The smallest absolute Gasteiger partial charge is 0.241 e. The maximum Gasteiger partial charge on any atom is 0.241 e. The highest BCUT2D eigenvalue weighted by atomic mass is 32.2. The number of benzene rings is 1. The monoisotopic (exact) mass is 330 g/mol. The van der Waals surface area contributed by atoms with Crippen molar-refractivity contribution in [2.24, 2.45) is 0 Å². The molecule has 1 unspecified atom stereocenters. The quantitative estimate of drug-likeness (QED) is 0.769. The second kappa shape index (κ2) is 8.17. The van der Waals surface area contributed by atoms with Crippen molar-refractivity contribution in [2.75, 3.05) is 18.6 Å². The molecule has 0 aliphatic rings. The Morgan fingerprint density at radius 2 is 1.90 bits per heavy atom. The standard InChI is InChI=1S/C15H26N2O2S2/c1-6-16-9-14-8-15(12(3)7-11(14)2)21(18,19)17-13(4)10-20-5/h7-8,13,16-17H,6,9-10H2,1-5H3. The fourth-order valence-corrected chi connectivity index (χ4v) is 4.44. The molecule has 0 bridgehead atoms. The van der Waals surface area contributed by atoms with E-state index < -0.39 is 10.0 Å². The highest BCUT2D eigenvalue weighted by Crippen LogP contribution is 2.21. The first-order chi connectivity index (χ1) is 9.81. The van der Waals surface area contributed by atoms with Crippen LogP contribution in [0.2, 0.25) is 0 Å². The average molecular weight is 331 g/mol. The van der Waals surface area contributed by atoms with E-state index in [2.05, 4.69) is 10.0 Å². The molecule has 0 aromatic heterocycles. The van der Waals surface area contributed by atoms with E-state index in [1.807, 2.05) is 40.0 Å². The van der Waals surface area contributed by atoms with Gasteiger partial charge in [-0.1, -0.05) is 13.0 Å². The van der Waals surface area contributed by atoms with E-state index in [-0.39, 0.29) is 6.04 Å². The van der Waals surface area contributed by atoms with Gasteiger partial charge in [0.15, 0.2) is 0 Å². The van der Waals surface area contributed by atoms with E-state index >= 15 is 0 Å². The highest BCUT2D eigenvalue weighted by molar-refractivity contribution is 7.98. The molecule has 1 aromatic rings. The van der Waals surface area contributed by atoms with Crippen LogP contribution in [0.5, 0.6) is 0 Å². The zero-order chi connectivity index (χ0) is 16.0. The number of thioether (sulfide) groups is 1. The molecule has 0 fully saturated rings. The summed E-state index contributed by atoms with van der Waals surface area (Å²) in [6, 6.07) is 3.66. The Bertz CT molecular complexity index is 571. The zero-order valence-electron chi connectivity index (χ0n) is 13.5. The van der Waals surface area contributed by atoms with Crippen molar-refractivity contribution in [3.05, 3.63) is 28.8 Å². The minimum absolute atomic E-state index is 0.0806.